The van der Waals surface area contributed by atoms with Crippen molar-refractivity contribution in [3.8, 4) is 0 Å². The molecule has 1 aliphatic rings. The molecule has 2 aromatic rings. The van der Waals surface area contributed by atoms with Gasteiger partial charge in [-0.2, -0.15) is 0 Å². The van der Waals surface area contributed by atoms with Crippen LogP contribution in [0.4, 0.5) is 11.4 Å². The monoisotopic (exact) mass is 366 g/mol. The average molecular weight is 367 g/mol. The fourth-order valence-electron chi connectivity index (χ4n) is 2.88. The van der Waals surface area contributed by atoms with Crippen LogP contribution >= 0.6 is 12.4 Å². The van der Waals surface area contributed by atoms with E-state index in [4.69, 9.17) is 5.73 Å². The molecule has 0 aliphatic carbocycles. The number of nitro groups is 1. The fourth-order valence-corrected chi connectivity index (χ4v) is 2.88. The van der Waals surface area contributed by atoms with Crippen LogP contribution < -0.4 is 11.1 Å². The summed E-state index contributed by atoms with van der Waals surface area (Å²) >= 11 is 0. The van der Waals surface area contributed by atoms with Crippen LogP contribution in [0, 0.1) is 10.1 Å². The Hall–Kier alpha value is -2.65. The van der Waals surface area contributed by atoms with Crippen molar-refractivity contribution >= 4 is 29.7 Å². The lowest BCUT2D eigenvalue weighted by Crippen LogP contribution is -2.49. The lowest BCUT2D eigenvalue weighted by atomic mass is 10.1. The fraction of sp³-hybridized carbons (Fsp3) is 0.333. The Labute approximate surface area is 150 Å². The molecular weight excluding hydrogens is 348 g/mol. The Morgan fingerprint density at radius 1 is 1.48 bits per heavy atom. The van der Waals surface area contributed by atoms with Gasteiger partial charge in [0.2, 0.25) is 0 Å². The van der Waals surface area contributed by atoms with Crippen molar-refractivity contribution in [1.29, 1.82) is 0 Å². The first-order chi connectivity index (χ1) is 11.5. The van der Waals surface area contributed by atoms with E-state index >= 15 is 0 Å². The maximum atomic E-state index is 12.9. The zero-order chi connectivity index (χ0) is 17.3. The normalized spacial score (nSPS) is 17.0. The Bertz CT molecular complexity index is 793. The molecule has 1 amide bonds. The third kappa shape index (κ3) is 3.57. The SMILES string of the molecule is Cl.Cn1ccnc1C1CNCCN1C(=O)c1ccc(N)c([N+](=O)[O-])c1. The lowest BCUT2D eigenvalue weighted by molar-refractivity contribution is -0.383. The summed E-state index contributed by atoms with van der Waals surface area (Å²) in [5, 5.41) is 14.3. The van der Waals surface area contributed by atoms with E-state index in [1.54, 1.807) is 11.1 Å². The molecule has 1 atom stereocenters. The van der Waals surface area contributed by atoms with Gasteiger partial charge in [-0.25, -0.2) is 4.98 Å². The summed E-state index contributed by atoms with van der Waals surface area (Å²) in [5.74, 6) is 0.494. The first-order valence-corrected chi connectivity index (χ1v) is 7.52. The number of halogens is 1. The lowest BCUT2D eigenvalue weighted by Gasteiger charge is -2.35. The van der Waals surface area contributed by atoms with E-state index in [0.29, 0.717) is 19.6 Å². The van der Waals surface area contributed by atoms with Gasteiger partial charge in [0.05, 0.1) is 4.92 Å². The number of nitrogens with one attached hydrogen (secondary N) is 1. The van der Waals surface area contributed by atoms with E-state index in [0.717, 1.165) is 5.82 Å². The highest BCUT2D eigenvalue weighted by molar-refractivity contribution is 5.96. The molecule has 1 aromatic carbocycles. The van der Waals surface area contributed by atoms with Crippen molar-refractivity contribution in [1.82, 2.24) is 19.8 Å². The minimum atomic E-state index is -0.583. The van der Waals surface area contributed by atoms with Crippen LogP contribution in [0.2, 0.25) is 0 Å². The van der Waals surface area contributed by atoms with Crippen LogP contribution in [0.25, 0.3) is 0 Å². The summed E-state index contributed by atoms with van der Waals surface area (Å²) in [6, 6.07) is 3.91. The van der Waals surface area contributed by atoms with Crippen LogP contribution in [0.5, 0.6) is 0 Å². The molecule has 1 saturated heterocycles. The number of nitrogens with two attached hydrogens (primary N) is 1. The summed E-state index contributed by atoms with van der Waals surface area (Å²) in [7, 11) is 1.87. The molecular formula is C15H19ClN6O3. The molecule has 2 heterocycles. The second kappa shape index (κ2) is 7.49. The Kier molecular flexibility index (Phi) is 5.60. The summed E-state index contributed by atoms with van der Waals surface area (Å²) in [6.07, 6.45) is 3.50. The number of aromatic nitrogens is 2. The van der Waals surface area contributed by atoms with Crippen LogP contribution in [0.1, 0.15) is 22.2 Å². The molecule has 0 saturated carbocycles. The van der Waals surface area contributed by atoms with Gasteiger partial charge in [0.25, 0.3) is 11.6 Å². The average Bonchev–Trinajstić information content (AvgIpc) is 3.00. The number of carbonyl (C=O) groups is 1. The van der Waals surface area contributed by atoms with Gasteiger partial charge in [-0.1, -0.05) is 0 Å². The number of benzene rings is 1. The zero-order valence-corrected chi connectivity index (χ0v) is 14.4. The minimum Gasteiger partial charge on any atom is -0.393 e. The smallest absolute Gasteiger partial charge is 0.292 e. The second-order valence-corrected chi connectivity index (χ2v) is 5.65. The molecule has 0 radical (unpaired) electrons. The molecule has 3 rings (SSSR count). The van der Waals surface area contributed by atoms with E-state index < -0.39 is 4.92 Å². The van der Waals surface area contributed by atoms with Gasteiger partial charge in [0.1, 0.15) is 17.6 Å². The summed E-state index contributed by atoms with van der Waals surface area (Å²) in [5.41, 5.74) is 5.63. The molecule has 0 bridgehead atoms. The molecule has 0 spiro atoms. The number of piperazine rings is 1. The number of rotatable bonds is 3. The van der Waals surface area contributed by atoms with Crippen LogP contribution in [0.3, 0.4) is 0 Å². The van der Waals surface area contributed by atoms with Gasteiger partial charge < -0.3 is 20.5 Å². The van der Waals surface area contributed by atoms with Crippen LogP contribution in [-0.2, 0) is 7.05 Å². The zero-order valence-electron chi connectivity index (χ0n) is 13.6. The molecule has 1 unspecified atom stereocenters. The number of amides is 1. The van der Waals surface area contributed by atoms with E-state index in [9.17, 15) is 14.9 Å². The van der Waals surface area contributed by atoms with E-state index in [2.05, 4.69) is 10.3 Å². The minimum absolute atomic E-state index is 0. The molecule has 134 valence electrons. The molecule has 10 heteroatoms. The predicted octanol–water partition coefficient (Wildman–Crippen LogP) is 1.12. The number of anilines is 1. The van der Waals surface area contributed by atoms with Gasteiger partial charge in [0, 0.05) is 50.7 Å². The topological polar surface area (TPSA) is 119 Å². The first-order valence-electron chi connectivity index (χ1n) is 7.52. The number of nitrogens with zero attached hydrogens (tertiary/aromatic N) is 4. The van der Waals surface area contributed by atoms with Crippen molar-refractivity contribution in [2.24, 2.45) is 7.05 Å². The summed E-state index contributed by atoms with van der Waals surface area (Å²) in [6.45, 7) is 1.73. The number of nitrogen functional groups attached to an aromatic ring is 1. The maximum Gasteiger partial charge on any atom is 0.292 e. The van der Waals surface area contributed by atoms with Crippen LogP contribution in [0.15, 0.2) is 30.6 Å². The first kappa shape index (κ1) is 18.7. The van der Waals surface area contributed by atoms with Gasteiger partial charge >= 0.3 is 0 Å². The maximum absolute atomic E-state index is 12.9. The summed E-state index contributed by atoms with van der Waals surface area (Å²) in [4.78, 5) is 29.4. The molecule has 25 heavy (non-hydrogen) atoms. The van der Waals surface area contributed by atoms with Crippen LogP contribution in [-0.4, -0.2) is 44.9 Å². The standard InChI is InChI=1S/C15H18N6O3.ClH/c1-19-6-5-18-14(19)13-9-17-4-7-20(13)15(22)10-2-3-11(16)12(8-10)21(23)24;/h2-3,5-6,8,13,17H,4,7,9,16H2,1H3;1H. The highest BCUT2D eigenvalue weighted by Gasteiger charge is 2.31. The second-order valence-electron chi connectivity index (χ2n) is 5.65. The number of hydrogen-bond donors (Lipinski definition) is 2. The van der Waals surface area contributed by atoms with Gasteiger partial charge in [-0.05, 0) is 12.1 Å². The van der Waals surface area contributed by atoms with E-state index in [1.165, 1.54) is 18.2 Å². The van der Waals surface area contributed by atoms with Crippen molar-refractivity contribution < 1.29 is 9.72 Å². The quantitative estimate of drug-likeness (QED) is 0.477. The number of imidazole rings is 1. The molecule has 1 aliphatic heterocycles. The number of aryl methyl sites for hydroxylation is 1. The predicted molar refractivity (Wildman–Crippen MR) is 94.6 cm³/mol. The van der Waals surface area contributed by atoms with Gasteiger partial charge in [-0.3, -0.25) is 14.9 Å². The number of carbonyl (C=O) groups excluding carboxylic acids is 1. The van der Waals surface area contributed by atoms with E-state index in [1.807, 2.05) is 17.8 Å². The van der Waals surface area contributed by atoms with Crippen molar-refractivity contribution in [2.45, 2.75) is 6.04 Å². The van der Waals surface area contributed by atoms with Crippen molar-refractivity contribution in [3.63, 3.8) is 0 Å². The Balaban J connectivity index is 0.00000225. The Morgan fingerprint density at radius 2 is 2.24 bits per heavy atom. The van der Waals surface area contributed by atoms with Gasteiger partial charge in [0.15, 0.2) is 0 Å². The third-order valence-corrected chi connectivity index (χ3v) is 4.13. The molecule has 3 N–H and O–H groups in total. The van der Waals surface area contributed by atoms with Gasteiger partial charge in [-0.15, -0.1) is 12.4 Å². The highest BCUT2D eigenvalue weighted by atomic mass is 35.5. The largest absolute Gasteiger partial charge is 0.393 e. The highest BCUT2D eigenvalue weighted by Crippen LogP contribution is 2.26. The number of nitro benzene ring substituents is 1. The molecule has 1 fully saturated rings. The molecule has 1 aromatic heterocycles. The van der Waals surface area contributed by atoms with Crippen molar-refractivity contribution in [2.75, 3.05) is 25.4 Å². The third-order valence-electron chi connectivity index (χ3n) is 4.13. The van der Waals surface area contributed by atoms with Crippen molar-refractivity contribution in [3.05, 3.63) is 52.1 Å². The molecule has 9 nitrogen and oxygen atoms in total. The summed E-state index contributed by atoms with van der Waals surface area (Å²) < 4.78 is 1.86. The Morgan fingerprint density at radius 3 is 2.88 bits per heavy atom. The number of hydrogen-bond acceptors (Lipinski definition) is 6. The van der Waals surface area contributed by atoms with E-state index in [-0.39, 0.29) is 41.3 Å².